The highest BCUT2D eigenvalue weighted by molar-refractivity contribution is 6.32. The molecule has 3 aliphatic rings. The van der Waals surface area contributed by atoms with Crippen molar-refractivity contribution < 1.29 is 29.3 Å². The van der Waals surface area contributed by atoms with Crippen LogP contribution in [0.1, 0.15) is 80.6 Å². The van der Waals surface area contributed by atoms with Gasteiger partial charge in [-0.1, -0.05) is 50.3 Å². The SMILES string of the molecule is CCCCN1C(=O)[C@@H]([C@H](O)C2CCCCC2)NC(=O)C12CCN(Cc1ccc(Oc3ccc(C(=O)O)cc3)c(Cl)c1)CC2.Cl. The minimum Gasteiger partial charge on any atom is -0.478 e. The lowest BCUT2D eigenvalue weighted by atomic mass is 9.78. The summed E-state index contributed by atoms with van der Waals surface area (Å²) in [4.78, 5) is 42.7. The molecule has 1 saturated carbocycles. The number of carboxylic acid groups (broad SMARTS) is 1. The number of nitrogens with zero attached hydrogens (tertiary/aromatic N) is 2. The molecule has 0 bridgehead atoms. The summed E-state index contributed by atoms with van der Waals surface area (Å²) in [6.07, 6.45) is 7.00. The van der Waals surface area contributed by atoms with E-state index in [-0.39, 0.29) is 35.7 Å². The van der Waals surface area contributed by atoms with Gasteiger partial charge in [-0.05, 0) is 80.0 Å². The van der Waals surface area contributed by atoms with Gasteiger partial charge in [0.05, 0.1) is 16.7 Å². The van der Waals surface area contributed by atoms with Crippen LogP contribution in [0.15, 0.2) is 42.5 Å². The first-order valence-corrected chi connectivity index (χ1v) is 15.9. The van der Waals surface area contributed by atoms with Crippen molar-refractivity contribution in [2.24, 2.45) is 5.92 Å². The Balaban J connectivity index is 0.00000442. The highest BCUT2D eigenvalue weighted by atomic mass is 35.5. The van der Waals surface area contributed by atoms with Crippen LogP contribution in [0.25, 0.3) is 0 Å². The van der Waals surface area contributed by atoms with Crippen LogP contribution in [0.3, 0.4) is 0 Å². The van der Waals surface area contributed by atoms with Gasteiger partial charge in [0.2, 0.25) is 11.8 Å². The number of aromatic carboxylic acids is 1. The number of piperazine rings is 1. The highest BCUT2D eigenvalue weighted by Crippen LogP contribution is 2.37. The first-order chi connectivity index (χ1) is 20.7. The van der Waals surface area contributed by atoms with Gasteiger partial charge in [-0.3, -0.25) is 14.5 Å². The Hall–Kier alpha value is -2.85. The Labute approximate surface area is 270 Å². The van der Waals surface area contributed by atoms with Gasteiger partial charge in [-0.25, -0.2) is 4.79 Å². The van der Waals surface area contributed by atoms with Crippen LogP contribution < -0.4 is 10.1 Å². The van der Waals surface area contributed by atoms with Crippen LogP contribution in [-0.4, -0.2) is 75.1 Å². The molecule has 2 saturated heterocycles. The monoisotopic (exact) mass is 647 g/mol. The Morgan fingerprint density at radius 3 is 2.39 bits per heavy atom. The van der Waals surface area contributed by atoms with Crippen LogP contribution in [0, 0.1) is 5.92 Å². The fourth-order valence-corrected chi connectivity index (χ4v) is 7.05. The third-order valence-electron chi connectivity index (χ3n) is 9.38. The predicted octanol–water partition coefficient (Wildman–Crippen LogP) is 5.66. The second-order valence-corrected chi connectivity index (χ2v) is 12.6. The molecule has 1 aliphatic carbocycles. The molecule has 3 N–H and O–H groups in total. The molecule has 5 rings (SSSR count). The number of rotatable bonds is 10. The number of aliphatic hydroxyl groups is 1. The van der Waals surface area contributed by atoms with Gasteiger partial charge >= 0.3 is 5.97 Å². The molecule has 2 aromatic carbocycles. The van der Waals surface area contributed by atoms with E-state index < -0.39 is 23.7 Å². The van der Waals surface area contributed by atoms with E-state index in [4.69, 9.17) is 21.4 Å². The predicted molar refractivity (Wildman–Crippen MR) is 171 cm³/mol. The number of aliphatic hydroxyl groups excluding tert-OH is 1. The van der Waals surface area contributed by atoms with Gasteiger partial charge in [-0.2, -0.15) is 0 Å². The Morgan fingerprint density at radius 1 is 1.09 bits per heavy atom. The number of piperidine rings is 1. The lowest BCUT2D eigenvalue weighted by Crippen LogP contribution is -2.75. The summed E-state index contributed by atoms with van der Waals surface area (Å²) in [7, 11) is 0. The second kappa shape index (κ2) is 15.0. The molecule has 1 spiro atoms. The van der Waals surface area contributed by atoms with E-state index in [1.807, 2.05) is 12.1 Å². The molecule has 9 nitrogen and oxygen atoms in total. The zero-order chi connectivity index (χ0) is 30.6. The third kappa shape index (κ3) is 7.33. The maximum atomic E-state index is 13.8. The molecule has 0 unspecified atom stereocenters. The largest absolute Gasteiger partial charge is 0.478 e. The summed E-state index contributed by atoms with van der Waals surface area (Å²) in [5.41, 5.74) is 0.284. The lowest BCUT2D eigenvalue weighted by Gasteiger charge is -2.52. The van der Waals surface area contributed by atoms with Crippen molar-refractivity contribution in [2.75, 3.05) is 19.6 Å². The molecule has 2 aliphatic heterocycles. The second-order valence-electron chi connectivity index (χ2n) is 12.2. The fourth-order valence-electron chi connectivity index (χ4n) is 6.81. The van der Waals surface area contributed by atoms with Crippen molar-refractivity contribution >= 4 is 41.8 Å². The number of benzene rings is 2. The normalized spacial score (nSPS) is 21.4. The van der Waals surface area contributed by atoms with Crippen LogP contribution >= 0.6 is 24.0 Å². The van der Waals surface area contributed by atoms with Crippen molar-refractivity contribution in [3.63, 3.8) is 0 Å². The number of unbranched alkanes of at least 4 members (excludes halogenated alkanes) is 1. The maximum Gasteiger partial charge on any atom is 0.335 e. The molecular weight excluding hydrogens is 605 g/mol. The average molecular weight is 649 g/mol. The van der Waals surface area contributed by atoms with Crippen LogP contribution in [0.4, 0.5) is 0 Å². The Kier molecular flexibility index (Phi) is 11.6. The molecule has 0 radical (unpaired) electrons. The van der Waals surface area contributed by atoms with E-state index in [0.29, 0.717) is 55.5 Å². The standard InChI is InChI=1S/C33H42ClN3O6.ClH/c1-2-3-17-37-30(39)28(29(38)23-7-5-4-6-8-23)35-32(42)33(37)15-18-36(19-16-33)21-22-9-14-27(26(34)20-22)43-25-12-10-24(11-13-25)31(40)41;/h9-14,20,23,28-29,38H,2-8,15-19,21H2,1H3,(H,35,42)(H,40,41);1H/t28-,29-;/m1./s1. The highest BCUT2D eigenvalue weighted by Gasteiger charge is 2.55. The van der Waals surface area contributed by atoms with E-state index in [9.17, 15) is 19.5 Å². The van der Waals surface area contributed by atoms with E-state index >= 15 is 0 Å². The first kappa shape index (κ1) is 34.0. The summed E-state index contributed by atoms with van der Waals surface area (Å²) in [5, 5.41) is 23.7. The Morgan fingerprint density at radius 2 is 1.77 bits per heavy atom. The minimum atomic E-state index is -1.00. The molecule has 2 amide bonds. The van der Waals surface area contributed by atoms with Gasteiger partial charge in [0.1, 0.15) is 23.1 Å². The van der Waals surface area contributed by atoms with E-state index in [1.54, 1.807) is 23.1 Å². The zero-order valence-electron chi connectivity index (χ0n) is 25.2. The number of likely N-dealkylation sites (tertiary alicyclic amines) is 1. The summed E-state index contributed by atoms with van der Waals surface area (Å²) < 4.78 is 5.86. The average Bonchev–Trinajstić information content (AvgIpc) is 3.01. The van der Waals surface area contributed by atoms with Crippen molar-refractivity contribution in [3.05, 3.63) is 58.6 Å². The van der Waals surface area contributed by atoms with E-state index in [0.717, 1.165) is 50.5 Å². The summed E-state index contributed by atoms with van der Waals surface area (Å²) in [6.45, 7) is 4.52. The van der Waals surface area contributed by atoms with Crippen LogP contribution in [0.5, 0.6) is 11.5 Å². The van der Waals surface area contributed by atoms with Gasteiger partial charge in [0.25, 0.3) is 0 Å². The van der Waals surface area contributed by atoms with Crippen molar-refractivity contribution in [1.29, 1.82) is 0 Å². The molecule has 240 valence electrons. The number of nitrogens with one attached hydrogen (secondary N) is 1. The van der Waals surface area contributed by atoms with Crippen molar-refractivity contribution in [3.8, 4) is 11.5 Å². The number of carbonyl (C=O) groups excluding carboxylic acids is 2. The number of hydrogen-bond donors (Lipinski definition) is 3. The number of carboxylic acids is 1. The number of ether oxygens (including phenoxy) is 1. The molecule has 11 heteroatoms. The quantitative estimate of drug-likeness (QED) is 0.305. The van der Waals surface area contributed by atoms with Crippen LogP contribution in [0.2, 0.25) is 5.02 Å². The van der Waals surface area contributed by atoms with Crippen LogP contribution in [-0.2, 0) is 16.1 Å². The third-order valence-corrected chi connectivity index (χ3v) is 9.68. The van der Waals surface area contributed by atoms with Gasteiger partial charge in [-0.15, -0.1) is 12.4 Å². The smallest absolute Gasteiger partial charge is 0.335 e. The summed E-state index contributed by atoms with van der Waals surface area (Å²) in [5.74, 6) is -0.266. The van der Waals surface area contributed by atoms with Gasteiger partial charge < -0.3 is 25.2 Å². The molecule has 2 atom stereocenters. The van der Waals surface area contributed by atoms with Gasteiger partial charge in [0.15, 0.2) is 0 Å². The molecule has 2 heterocycles. The molecule has 2 aromatic rings. The number of carbonyl (C=O) groups is 3. The number of halogens is 2. The maximum absolute atomic E-state index is 13.8. The van der Waals surface area contributed by atoms with E-state index in [1.165, 1.54) is 12.1 Å². The lowest BCUT2D eigenvalue weighted by molar-refractivity contribution is -0.166. The zero-order valence-corrected chi connectivity index (χ0v) is 26.7. The molecule has 44 heavy (non-hydrogen) atoms. The van der Waals surface area contributed by atoms with Crippen molar-refractivity contribution in [2.45, 2.75) is 88.9 Å². The summed E-state index contributed by atoms with van der Waals surface area (Å²) in [6, 6.07) is 10.9. The molecule has 3 fully saturated rings. The summed E-state index contributed by atoms with van der Waals surface area (Å²) >= 11 is 6.54. The fraction of sp³-hybridized carbons (Fsp3) is 0.545. The topological polar surface area (TPSA) is 119 Å². The Bertz CT molecular complexity index is 1310. The molecule has 0 aromatic heterocycles. The van der Waals surface area contributed by atoms with E-state index in [2.05, 4.69) is 17.1 Å². The number of hydrogen-bond acceptors (Lipinski definition) is 6. The molecular formula is C33H43Cl2N3O6. The van der Waals surface area contributed by atoms with Crippen molar-refractivity contribution in [1.82, 2.24) is 15.1 Å². The van der Waals surface area contributed by atoms with Gasteiger partial charge in [0, 0.05) is 26.2 Å². The number of amides is 2. The minimum absolute atomic E-state index is 0. The first-order valence-electron chi connectivity index (χ1n) is 15.5.